The van der Waals surface area contributed by atoms with E-state index < -0.39 is 6.04 Å². The summed E-state index contributed by atoms with van der Waals surface area (Å²) < 4.78 is 5.27. The van der Waals surface area contributed by atoms with Crippen molar-refractivity contribution in [2.24, 2.45) is 0 Å². The zero-order valence-corrected chi connectivity index (χ0v) is 18.4. The Bertz CT molecular complexity index is 858. The van der Waals surface area contributed by atoms with Gasteiger partial charge in [0, 0.05) is 23.1 Å². The van der Waals surface area contributed by atoms with Crippen LogP contribution in [0.5, 0.6) is 5.75 Å². The van der Waals surface area contributed by atoms with Crippen molar-refractivity contribution >= 4 is 35.0 Å². The van der Waals surface area contributed by atoms with Gasteiger partial charge in [0.2, 0.25) is 11.8 Å². The Morgan fingerprint density at radius 3 is 2.59 bits per heavy atom. The molecule has 1 N–H and O–H groups in total. The molecular formula is C22H26Cl2N2O3. The molecule has 156 valence electrons. The number of benzene rings is 2. The van der Waals surface area contributed by atoms with Gasteiger partial charge in [0.1, 0.15) is 11.8 Å². The van der Waals surface area contributed by atoms with Crippen LogP contribution < -0.4 is 10.1 Å². The van der Waals surface area contributed by atoms with Crippen LogP contribution in [-0.4, -0.2) is 36.4 Å². The monoisotopic (exact) mass is 436 g/mol. The Morgan fingerprint density at radius 2 is 1.93 bits per heavy atom. The summed E-state index contributed by atoms with van der Waals surface area (Å²) in [5.41, 5.74) is 1.54. The minimum atomic E-state index is -0.633. The predicted molar refractivity (Wildman–Crippen MR) is 116 cm³/mol. The number of carbonyl (C=O) groups excluding carboxylic acids is 2. The number of nitrogens with one attached hydrogen (secondary N) is 1. The first-order valence-corrected chi connectivity index (χ1v) is 10.2. The summed E-state index contributed by atoms with van der Waals surface area (Å²) in [5, 5.41) is 3.79. The molecule has 0 bridgehead atoms. The molecule has 2 amide bonds. The average Bonchev–Trinajstić information content (AvgIpc) is 2.71. The third kappa shape index (κ3) is 6.65. The van der Waals surface area contributed by atoms with Crippen molar-refractivity contribution in [1.82, 2.24) is 10.2 Å². The van der Waals surface area contributed by atoms with Gasteiger partial charge < -0.3 is 15.0 Å². The first-order chi connectivity index (χ1) is 13.8. The summed E-state index contributed by atoms with van der Waals surface area (Å²) in [6.45, 7) is 4.55. The second kappa shape index (κ2) is 11.1. The van der Waals surface area contributed by atoms with E-state index in [1.165, 1.54) is 0 Å². The molecule has 0 aliphatic carbocycles. The van der Waals surface area contributed by atoms with E-state index in [1.54, 1.807) is 37.1 Å². The molecule has 2 rings (SSSR count). The van der Waals surface area contributed by atoms with Crippen LogP contribution in [0.1, 0.15) is 31.4 Å². The minimum Gasteiger partial charge on any atom is -0.497 e. The van der Waals surface area contributed by atoms with Gasteiger partial charge >= 0.3 is 0 Å². The van der Waals surface area contributed by atoms with Crippen LogP contribution in [0, 0.1) is 0 Å². The van der Waals surface area contributed by atoms with Crippen molar-refractivity contribution in [2.45, 2.75) is 39.3 Å². The van der Waals surface area contributed by atoms with Gasteiger partial charge in [-0.05, 0) is 48.7 Å². The number of amides is 2. The van der Waals surface area contributed by atoms with Gasteiger partial charge in [0.15, 0.2) is 0 Å². The second-order valence-electron chi connectivity index (χ2n) is 6.75. The highest BCUT2D eigenvalue weighted by atomic mass is 35.5. The molecule has 29 heavy (non-hydrogen) atoms. The molecule has 2 aromatic carbocycles. The van der Waals surface area contributed by atoms with Crippen LogP contribution in [0.15, 0.2) is 42.5 Å². The predicted octanol–water partition coefficient (Wildman–Crippen LogP) is 4.49. The molecular weight excluding hydrogens is 411 g/mol. The Labute approximate surface area is 181 Å². The van der Waals surface area contributed by atoms with Crippen molar-refractivity contribution in [3.8, 4) is 5.75 Å². The van der Waals surface area contributed by atoms with Crippen molar-refractivity contribution < 1.29 is 14.3 Å². The number of nitrogens with zero attached hydrogens (tertiary/aromatic N) is 1. The number of carbonyl (C=O) groups is 2. The fraction of sp³-hybridized carbons (Fsp3) is 0.364. The third-order valence-electron chi connectivity index (χ3n) is 4.56. The minimum absolute atomic E-state index is 0.0748. The summed E-state index contributed by atoms with van der Waals surface area (Å²) in [7, 11) is 1.59. The maximum atomic E-state index is 13.2. The lowest BCUT2D eigenvalue weighted by Gasteiger charge is -2.29. The van der Waals surface area contributed by atoms with Crippen molar-refractivity contribution in [2.75, 3.05) is 13.7 Å². The fourth-order valence-electron chi connectivity index (χ4n) is 2.88. The molecule has 0 aliphatic heterocycles. The first-order valence-electron chi connectivity index (χ1n) is 9.49. The molecule has 0 radical (unpaired) electrons. The third-order valence-corrected chi connectivity index (χ3v) is 5.15. The SMILES string of the molecule is CCCNC(=O)[C@@H](C)N(Cc1cccc(OC)c1)C(=O)Cc1ccc(Cl)cc1Cl. The number of hydrogen-bond acceptors (Lipinski definition) is 3. The Kier molecular flexibility index (Phi) is 8.80. The van der Waals surface area contributed by atoms with Crippen molar-refractivity contribution in [3.63, 3.8) is 0 Å². The number of rotatable bonds is 9. The molecule has 7 heteroatoms. The Hall–Kier alpha value is -2.24. The van der Waals surface area contributed by atoms with Gasteiger partial charge in [-0.25, -0.2) is 0 Å². The maximum Gasteiger partial charge on any atom is 0.242 e. The van der Waals surface area contributed by atoms with E-state index in [9.17, 15) is 9.59 Å². The molecule has 0 fully saturated rings. The van der Waals surface area contributed by atoms with Crippen molar-refractivity contribution in [1.29, 1.82) is 0 Å². The zero-order valence-electron chi connectivity index (χ0n) is 16.9. The van der Waals surface area contributed by atoms with Crippen LogP contribution in [-0.2, 0) is 22.6 Å². The lowest BCUT2D eigenvalue weighted by molar-refractivity contribution is -0.140. The van der Waals surface area contributed by atoms with Gasteiger partial charge in [-0.2, -0.15) is 0 Å². The Balaban J connectivity index is 2.26. The van der Waals surface area contributed by atoms with E-state index in [0.29, 0.717) is 27.9 Å². The molecule has 0 heterocycles. The summed E-state index contributed by atoms with van der Waals surface area (Å²) in [6.07, 6.45) is 0.897. The van der Waals surface area contributed by atoms with Gasteiger partial charge in [0.05, 0.1) is 13.5 Å². The molecule has 5 nitrogen and oxygen atoms in total. The molecule has 0 aromatic heterocycles. The van der Waals surface area contributed by atoms with Gasteiger partial charge in [-0.1, -0.05) is 48.3 Å². The smallest absolute Gasteiger partial charge is 0.242 e. The van der Waals surface area contributed by atoms with E-state index >= 15 is 0 Å². The maximum absolute atomic E-state index is 13.2. The molecule has 0 saturated carbocycles. The number of halogens is 2. The Morgan fingerprint density at radius 1 is 1.17 bits per heavy atom. The molecule has 0 unspecified atom stereocenters. The topological polar surface area (TPSA) is 58.6 Å². The van der Waals surface area contributed by atoms with Crippen LogP contribution in [0.3, 0.4) is 0 Å². The van der Waals surface area contributed by atoms with Crippen molar-refractivity contribution in [3.05, 3.63) is 63.6 Å². The summed E-state index contributed by atoms with van der Waals surface area (Å²) >= 11 is 12.2. The molecule has 0 spiro atoms. The lowest BCUT2D eigenvalue weighted by atomic mass is 10.1. The first kappa shape index (κ1) is 23.0. The van der Waals surface area contributed by atoms with E-state index in [1.807, 2.05) is 31.2 Å². The molecule has 1 atom stereocenters. The van der Waals surface area contributed by atoms with E-state index in [-0.39, 0.29) is 24.8 Å². The normalized spacial score (nSPS) is 11.6. The van der Waals surface area contributed by atoms with Gasteiger partial charge in [-0.3, -0.25) is 9.59 Å². The average molecular weight is 437 g/mol. The summed E-state index contributed by atoms with van der Waals surface area (Å²) in [5.74, 6) is 0.306. The highest BCUT2D eigenvalue weighted by Crippen LogP contribution is 2.23. The largest absolute Gasteiger partial charge is 0.497 e. The highest BCUT2D eigenvalue weighted by molar-refractivity contribution is 6.35. The van der Waals surface area contributed by atoms with Gasteiger partial charge in [-0.15, -0.1) is 0 Å². The van der Waals surface area contributed by atoms with Crippen LogP contribution in [0.4, 0.5) is 0 Å². The standard InChI is InChI=1S/C22H26Cl2N2O3/c1-4-10-25-22(28)15(2)26(14-16-6-5-7-19(11-16)29-3)21(27)12-17-8-9-18(23)13-20(17)24/h5-9,11,13,15H,4,10,12,14H2,1-3H3,(H,25,28)/t15-/m1/s1. The highest BCUT2D eigenvalue weighted by Gasteiger charge is 2.26. The number of hydrogen-bond donors (Lipinski definition) is 1. The zero-order chi connectivity index (χ0) is 21.4. The van der Waals surface area contributed by atoms with Crippen LogP contribution >= 0.6 is 23.2 Å². The summed E-state index contributed by atoms with van der Waals surface area (Å²) in [6, 6.07) is 11.8. The van der Waals surface area contributed by atoms with Crippen LogP contribution in [0.2, 0.25) is 10.0 Å². The van der Waals surface area contributed by atoms with Gasteiger partial charge in [0.25, 0.3) is 0 Å². The fourth-order valence-corrected chi connectivity index (χ4v) is 3.35. The number of methoxy groups -OCH3 is 1. The quantitative estimate of drug-likeness (QED) is 0.629. The molecule has 0 aliphatic rings. The molecule has 2 aromatic rings. The summed E-state index contributed by atoms with van der Waals surface area (Å²) in [4.78, 5) is 27.3. The molecule has 0 saturated heterocycles. The van der Waals surface area contributed by atoms with E-state index in [4.69, 9.17) is 27.9 Å². The van der Waals surface area contributed by atoms with Crippen LogP contribution in [0.25, 0.3) is 0 Å². The number of ether oxygens (including phenoxy) is 1. The van der Waals surface area contributed by atoms with E-state index in [2.05, 4.69) is 5.32 Å². The lowest BCUT2D eigenvalue weighted by Crippen LogP contribution is -2.48. The second-order valence-corrected chi connectivity index (χ2v) is 7.60. The van der Waals surface area contributed by atoms with E-state index in [0.717, 1.165) is 12.0 Å².